The fourth-order valence-electron chi connectivity index (χ4n) is 2.72. The first kappa shape index (κ1) is 25.4. The molecule has 0 fully saturated rings. The molecule has 0 radical (unpaired) electrons. The van der Waals surface area contributed by atoms with Crippen LogP contribution in [0.1, 0.15) is 36.8 Å². The molecule has 8 nitrogen and oxygen atoms in total. The second kappa shape index (κ2) is 11.5. The molecule has 5 N–H and O–H groups in total. The number of carbonyl (C=O) groups is 1. The Morgan fingerprint density at radius 1 is 0.929 bits per heavy atom. The number of aryl methyl sites for hydroxylation is 2. The highest BCUT2D eigenvalue weighted by Crippen LogP contribution is 2.60. The van der Waals surface area contributed by atoms with Gasteiger partial charge >= 0.3 is 21.2 Å². The van der Waals surface area contributed by atoms with Gasteiger partial charge in [0.25, 0.3) is 0 Å². The molecule has 0 bridgehead atoms. The molecular weight excluding hydrogens is 426 g/mol. The van der Waals surface area contributed by atoms with Crippen LogP contribution in [0.4, 0.5) is 0 Å². The van der Waals surface area contributed by atoms with Crippen molar-refractivity contribution < 1.29 is 38.6 Å². The summed E-state index contributed by atoms with van der Waals surface area (Å²) < 4.78 is 22.7. The molecule has 0 saturated heterocycles. The lowest BCUT2D eigenvalue weighted by atomic mass is 10.0. The quantitative estimate of drug-likeness (QED) is 0.173. The SMILES string of the molecule is C[S+](CCCCc1ccc(CCCC(=O)O)cc1)CC(P(=O)(O)O)P(=O)(O)O. The highest BCUT2D eigenvalue weighted by atomic mass is 32.2. The van der Waals surface area contributed by atoms with Crippen LogP contribution in [0.5, 0.6) is 0 Å². The van der Waals surface area contributed by atoms with Crippen molar-refractivity contribution in [1.82, 2.24) is 0 Å². The standard InChI is InChI=1S/C17H28O8P2S/c1-28(13-17(26(20,21)22)27(23,24)25)12-3-2-5-14-8-10-15(11-9-14)6-4-7-16(18)19/h8-11,17H,2-7,12-13H2,1H3,(H4-,18,19,20,21,22,23,24,25)/p+1. The van der Waals surface area contributed by atoms with Gasteiger partial charge < -0.3 is 24.7 Å². The summed E-state index contributed by atoms with van der Waals surface area (Å²) in [4.78, 5) is 47.2. The third-order valence-corrected chi connectivity index (χ3v) is 10.4. The summed E-state index contributed by atoms with van der Waals surface area (Å²) in [6, 6.07) is 8.01. The van der Waals surface area contributed by atoms with Crippen LogP contribution in [-0.4, -0.2) is 53.8 Å². The number of aliphatic carboxylic acids is 1. The monoisotopic (exact) mass is 455 g/mol. The van der Waals surface area contributed by atoms with E-state index in [1.807, 2.05) is 24.3 Å². The van der Waals surface area contributed by atoms with Gasteiger partial charge in [0.15, 0.2) is 0 Å². The number of rotatable bonds is 13. The molecule has 0 aliphatic rings. The first-order valence-electron chi connectivity index (χ1n) is 8.89. The average Bonchev–Trinajstić information content (AvgIpc) is 2.55. The van der Waals surface area contributed by atoms with Crippen LogP contribution in [0.25, 0.3) is 0 Å². The van der Waals surface area contributed by atoms with Gasteiger partial charge in [-0.3, -0.25) is 13.9 Å². The second-order valence-corrected chi connectivity index (χ2v) is 13.1. The number of carboxylic acid groups (broad SMARTS) is 1. The molecule has 0 aromatic heterocycles. The molecule has 1 unspecified atom stereocenters. The molecule has 0 heterocycles. The lowest BCUT2D eigenvalue weighted by molar-refractivity contribution is -0.137. The smallest absolute Gasteiger partial charge is 0.345 e. The Kier molecular flexibility index (Phi) is 10.4. The van der Waals surface area contributed by atoms with Crippen molar-refractivity contribution in [1.29, 1.82) is 0 Å². The number of carboxylic acids is 1. The van der Waals surface area contributed by atoms with E-state index in [0.29, 0.717) is 12.2 Å². The van der Waals surface area contributed by atoms with Crippen LogP contribution < -0.4 is 0 Å². The first-order chi connectivity index (χ1) is 12.9. The van der Waals surface area contributed by atoms with Crippen molar-refractivity contribution in [3.8, 4) is 0 Å². The maximum Gasteiger partial charge on any atom is 0.345 e. The molecule has 160 valence electrons. The van der Waals surface area contributed by atoms with Gasteiger partial charge in [-0.2, -0.15) is 0 Å². The molecule has 1 atom stereocenters. The maximum atomic E-state index is 11.3. The Bertz CT molecular complexity index is 690. The number of benzene rings is 1. The highest BCUT2D eigenvalue weighted by molar-refractivity contribution is 7.97. The summed E-state index contributed by atoms with van der Waals surface area (Å²) in [5.74, 6) is -0.317. The van der Waals surface area contributed by atoms with Crippen LogP contribution in [0, 0.1) is 0 Å². The third kappa shape index (κ3) is 10.2. The number of hydrogen-bond donors (Lipinski definition) is 5. The normalized spacial score (nSPS) is 13.6. The minimum absolute atomic E-state index is 0.158. The lowest BCUT2D eigenvalue weighted by Gasteiger charge is -2.18. The molecule has 0 amide bonds. The van der Waals surface area contributed by atoms with Crippen LogP contribution in [0.15, 0.2) is 24.3 Å². The van der Waals surface area contributed by atoms with Crippen LogP contribution in [-0.2, 0) is 37.7 Å². The van der Waals surface area contributed by atoms with E-state index in [-0.39, 0.29) is 12.2 Å². The van der Waals surface area contributed by atoms with Gasteiger partial charge in [-0.05, 0) is 54.1 Å². The predicted molar refractivity (Wildman–Crippen MR) is 111 cm³/mol. The van der Waals surface area contributed by atoms with E-state index >= 15 is 0 Å². The van der Waals surface area contributed by atoms with Gasteiger partial charge in [0.05, 0.1) is 6.26 Å². The van der Waals surface area contributed by atoms with Crippen molar-refractivity contribution in [3.05, 3.63) is 35.4 Å². The van der Waals surface area contributed by atoms with E-state index in [1.165, 1.54) is 0 Å². The van der Waals surface area contributed by atoms with Crippen molar-refractivity contribution in [2.75, 3.05) is 17.8 Å². The lowest BCUT2D eigenvalue weighted by Crippen LogP contribution is -2.23. The summed E-state index contributed by atoms with van der Waals surface area (Å²) in [6.45, 7) is 0. The van der Waals surface area contributed by atoms with Gasteiger partial charge in [-0.1, -0.05) is 24.3 Å². The fourth-order valence-corrected chi connectivity index (χ4v) is 8.74. The molecule has 1 aromatic rings. The zero-order valence-electron chi connectivity index (χ0n) is 15.8. The fraction of sp³-hybridized carbons (Fsp3) is 0.588. The zero-order chi connectivity index (χ0) is 21.4. The van der Waals surface area contributed by atoms with Crippen molar-refractivity contribution in [3.63, 3.8) is 0 Å². The number of unbranched alkanes of at least 4 members (excludes halogenated alkanes) is 1. The topological polar surface area (TPSA) is 152 Å². The highest BCUT2D eigenvalue weighted by Gasteiger charge is 2.47. The van der Waals surface area contributed by atoms with E-state index in [9.17, 15) is 33.5 Å². The maximum absolute atomic E-state index is 11.3. The van der Waals surface area contributed by atoms with Crippen LogP contribution in [0.2, 0.25) is 0 Å². The molecule has 0 aliphatic carbocycles. The van der Waals surface area contributed by atoms with Gasteiger partial charge in [-0.25, -0.2) is 0 Å². The van der Waals surface area contributed by atoms with E-state index in [1.54, 1.807) is 6.26 Å². The molecule has 11 heteroatoms. The van der Waals surface area contributed by atoms with Gasteiger partial charge in [-0.15, -0.1) is 0 Å². The van der Waals surface area contributed by atoms with E-state index in [4.69, 9.17) is 5.11 Å². The van der Waals surface area contributed by atoms with E-state index < -0.39 is 37.5 Å². The zero-order valence-corrected chi connectivity index (χ0v) is 18.4. The van der Waals surface area contributed by atoms with Gasteiger partial charge in [0, 0.05) is 6.42 Å². The minimum Gasteiger partial charge on any atom is -0.481 e. The molecule has 0 aliphatic heterocycles. The molecule has 1 aromatic carbocycles. The minimum atomic E-state index is -4.85. The largest absolute Gasteiger partial charge is 0.481 e. The second-order valence-electron chi connectivity index (χ2n) is 6.83. The van der Waals surface area contributed by atoms with Crippen molar-refractivity contribution in [2.45, 2.75) is 43.9 Å². The predicted octanol–water partition coefficient (Wildman–Crippen LogP) is 2.35. The summed E-state index contributed by atoms with van der Waals surface area (Å²) in [7, 11) is -10.2. The van der Waals surface area contributed by atoms with Crippen LogP contribution >= 0.6 is 15.2 Å². The third-order valence-electron chi connectivity index (χ3n) is 4.30. The summed E-state index contributed by atoms with van der Waals surface area (Å²) in [6.07, 6.45) is 5.77. The molecule has 0 saturated carbocycles. The van der Waals surface area contributed by atoms with Crippen molar-refractivity contribution >= 4 is 32.1 Å². The summed E-state index contributed by atoms with van der Waals surface area (Å²) in [5, 5.41) is 6.73. The first-order valence-corrected chi connectivity index (χ1v) is 14.2. The Labute approximate surface area is 168 Å². The Morgan fingerprint density at radius 2 is 1.39 bits per heavy atom. The average molecular weight is 455 g/mol. The molecule has 0 spiro atoms. The Balaban J connectivity index is 2.37. The molecular formula is C17H29O8P2S+. The summed E-state index contributed by atoms with van der Waals surface area (Å²) in [5.41, 5.74) is 2.25. The van der Waals surface area contributed by atoms with Crippen molar-refractivity contribution in [2.24, 2.45) is 0 Å². The Hall–Kier alpha value is -0.660. The van der Waals surface area contributed by atoms with E-state index in [2.05, 4.69) is 0 Å². The Morgan fingerprint density at radius 3 is 1.82 bits per heavy atom. The van der Waals surface area contributed by atoms with Gasteiger partial charge in [0.2, 0.25) is 5.40 Å². The number of hydrogen-bond acceptors (Lipinski definition) is 3. The molecule has 1 rings (SSSR count). The van der Waals surface area contributed by atoms with Gasteiger partial charge in [0.1, 0.15) is 11.5 Å². The van der Waals surface area contributed by atoms with Crippen LogP contribution in [0.3, 0.4) is 0 Å². The van der Waals surface area contributed by atoms with E-state index in [0.717, 1.165) is 36.8 Å². The molecule has 28 heavy (non-hydrogen) atoms. The summed E-state index contributed by atoms with van der Waals surface area (Å²) >= 11 is 0.